The largest absolute Gasteiger partial charge is 0.497 e. The molecule has 0 saturated carbocycles. The molecule has 0 saturated heterocycles. The van der Waals surface area contributed by atoms with Crippen LogP contribution in [0.2, 0.25) is 0 Å². The molecule has 2 N–H and O–H groups in total. The summed E-state index contributed by atoms with van der Waals surface area (Å²) in [6, 6.07) is 9.53. The number of nitrogens with zero attached hydrogens (tertiary/aromatic N) is 2. The molecule has 0 aromatic heterocycles. The number of aliphatic imine (C=N–C) groups is 2. The van der Waals surface area contributed by atoms with Crippen LogP contribution in [0, 0.1) is 5.82 Å². The maximum atomic E-state index is 15.1. The van der Waals surface area contributed by atoms with Gasteiger partial charge in [0.2, 0.25) is 0 Å². The van der Waals surface area contributed by atoms with Gasteiger partial charge in [-0.2, -0.15) is 4.99 Å². The number of hydrogen-bond donors (Lipinski definition) is 1. The second kappa shape index (κ2) is 9.75. The van der Waals surface area contributed by atoms with Crippen molar-refractivity contribution >= 4 is 40.0 Å². The normalized spacial score (nSPS) is 11.9. The lowest BCUT2D eigenvalue weighted by Crippen LogP contribution is -2.16. The van der Waals surface area contributed by atoms with Gasteiger partial charge in [0, 0.05) is 17.3 Å². The van der Waals surface area contributed by atoms with Crippen molar-refractivity contribution in [3.8, 4) is 11.5 Å². The third kappa shape index (κ3) is 5.01. The van der Waals surface area contributed by atoms with Crippen LogP contribution in [0.5, 0.6) is 11.5 Å². The summed E-state index contributed by atoms with van der Waals surface area (Å²) in [7, 11) is 4.00. The van der Waals surface area contributed by atoms with Gasteiger partial charge in [-0.1, -0.05) is 0 Å². The van der Waals surface area contributed by atoms with Crippen molar-refractivity contribution in [2.75, 3.05) is 33.3 Å². The maximum absolute atomic E-state index is 15.1. The number of nitrogens with two attached hydrogens (primary N) is 1. The second-order valence-corrected chi connectivity index (χ2v) is 6.13. The number of rotatable bonds is 5. The topological polar surface area (TPSA) is 95.5 Å². The molecule has 0 atom stereocenters. The van der Waals surface area contributed by atoms with E-state index in [1.807, 2.05) is 0 Å². The van der Waals surface area contributed by atoms with Crippen molar-refractivity contribution in [1.82, 2.24) is 0 Å². The Bertz CT molecular complexity index is 914. The molecule has 2 aromatic rings. The molecule has 0 fully saturated rings. The van der Waals surface area contributed by atoms with Crippen molar-refractivity contribution in [3.05, 3.63) is 47.8 Å². The van der Waals surface area contributed by atoms with Crippen LogP contribution in [0.3, 0.4) is 0 Å². The minimum absolute atomic E-state index is 0.0297. The van der Waals surface area contributed by atoms with E-state index in [2.05, 4.69) is 14.7 Å². The molecule has 0 aliphatic rings. The summed E-state index contributed by atoms with van der Waals surface area (Å²) < 4.78 is 30.0. The van der Waals surface area contributed by atoms with E-state index in [0.717, 1.165) is 11.8 Å². The fourth-order valence-electron chi connectivity index (χ4n) is 2.24. The van der Waals surface area contributed by atoms with Crippen molar-refractivity contribution in [2.24, 2.45) is 9.98 Å². The van der Waals surface area contributed by atoms with Gasteiger partial charge in [0.1, 0.15) is 16.5 Å². The number of methoxy groups -OCH3 is 3. The predicted octanol–water partition coefficient (Wildman–Crippen LogP) is 4.07. The summed E-state index contributed by atoms with van der Waals surface area (Å²) in [5.41, 5.74) is 6.95. The van der Waals surface area contributed by atoms with Gasteiger partial charge in [0.05, 0.1) is 27.0 Å². The zero-order valence-corrected chi connectivity index (χ0v) is 16.7. The Labute approximate surface area is 166 Å². The highest BCUT2D eigenvalue weighted by molar-refractivity contribution is 8.15. The lowest BCUT2D eigenvalue weighted by atomic mass is 10.1. The van der Waals surface area contributed by atoms with Crippen molar-refractivity contribution < 1.29 is 23.4 Å². The van der Waals surface area contributed by atoms with E-state index in [1.165, 1.54) is 33.5 Å². The molecule has 0 spiro atoms. The Morgan fingerprint density at radius 2 is 1.79 bits per heavy atom. The molecule has 0 radical (unpaired) electrons. The highest BCUT2D eigenvalue weighted by Gasteiger charge is 2.22. The number of hydrogen-bond acceptors (Lipinski definition) is 7. The highest BCUT2D eigenvalue weighted by Crippen LogP contribution is 2.30. The number of amides is 1. The van der Waals surface area contributed by atoms with Gasteiger partial charge in [0.25, 0.3) is 0 Å². The number of thioether (sulfide) groups is 1. The van der Waals surface area contributed by atoms with E-state index in [0.29, 0.717) is 17.1 Å². The summed E-state index contributed by atoms with van der Waals surface area (Å²) in [5, 5.41) is 0.165. The van der Waals surface area contributed by atoms with Gasteiger partial charge < -0.3 is 19.9 Å². The highest BCUT2D eigenvalue weighted by atomic mass is 32.2. The molecule has 28 heavy (non-hydrogen) atoms. The molecule has 0 unspecified atom stereocenters. The number of anilines is 1. The van der Waals surface area contributed by atoms with Crippen LogP contribution < -0.4 is 15.2 Å². The van der Waals surface area contributed by atoms with E-state index < -0.39 is 11.9 Å². The lowest BCUT2D eigenvalue weighted by Gasteiger charge is -2.13. The molecule has 9 heteroatoms. The number of nitrogen functional groups attached to an aromatic ring is 1. The van der Waals surface area contributed by atoms with Crippen LogP contribution in [0.25, 0.3) is 0 Å². The molecular weight excluding hydrogens is 385 g/mol. The number of ether oxygens (including phenoxy) is 3. The third-order valence-corrected chi connectivity index (χ3v) is 4.29. The van der Waals surface area contributed by atoms with Crippen molar-refractivity contribution in [1.29, 1.82) is 0 Å². The van der Waals surface area contributed by atoms with E-state index in [1.54, 1.807) is 30.5 Å². The number of carbonyl (C=O) groups is 1. The molecule has 148 valence electrons. The summed E-state index contributed by atoms with van der Waals surface area (Å²) in [4.78, 5) is 20.1. The Hall–Kier alpha value is -3.07. The van der Waals surface area contributed by atoms with Gasteiger partial charge in [-0.15, -0.1) is 11.8 Å². The molecule has 7 nitrogen and oxygen atoms in total. The monoisotopic (exact) mass is 405 g/mol. The summed E-state index contributed by atoms with van der Waals surface area (Å²) in [5.74, 6) is -0.334. The number of carbonyl (C=O) groups excluding carboxylic acids is 1. The molecular formula is C19H20FN3O4S. The van der Waals surface area contributed by atoms with Crippen LogP contribution in [-0.4, -0.2) is 44.4 Å². The quantitative estimate of drug-likeness (QED) is 0.458. The minimum atomic E-state index is -0.829. The first-order valence-electron chi connectivity index (χ1n) is 8.00. The summed E-state index contributed by atoms with van der Waals surface area (Å²) >= 11 is 1.12. The molecule has 1 amide bonds. The molecule has 2 rings (SSSR count). The summed E-state index contributed by atoms with van der Waals surface area (Å²) in [6.45, 7) is 0. The SMILES string of the molecule is COC(=O)/N=C(SC)/C(=N/c1ccc(N)cc1)c1cc(OC)cc(OC)c1F. The van der Waals surface area contributed by atoms with E-state index in [4.69, 9.17) is 15.2 Å². The standard InChI is InChI=1S/C19H20FN3O4S/c1-25-13-9-14(16(20)15(10-13)26-2)17(18(28-4)23-19(24)27-3)22-12-7-5-11(21)6-8-12/h5-10H,21H2,1-4H3/b22-17+,23-18-. The molecule has 0 aliphatic carbocycles. The molecule has 0 aliphatic heterocycles. The Morgan fingerprint density at radius 1 is 1.11 bits per heavy atom. The first-order chi connectivity index (χ1) is 13.4. The van der Waals surface area contributed by atoms with Crippen LogP contribution in [0.15, 0.2) is 46.4 Å². The molecule has 2 aromatic carbocycles. The van der Waals surface area contributed by atoms with Gasteiger partial charge in [-0.3, -0.25) is 0 Å². The van der Waals surface area contributed by atoms with Crippen LogP contribution in [-0.2, 0) is 4.74 Å². The first kappa shape index (κ1) is 21.2. The smallest absolute Gasteiger partial charge is 0.434 e. The first-order valence-corrected chi connectivity index (χ1v) is 9.23. The average molecular weight is 405 g/mol. The number of halogens is 1. The molecule has 0 bridgehead atoms. The maximum Gasteiger partial charge on any atom is 0.434 e. The Morgan fingerprint density at radius 3 is 2.32 bits per heavy atom. The van der Waals surface area contributed by atoms with Crippen molar-refractivity contribution in [2.45, 2.75) is 0 Å². The van der Waals surface area contributed by atoms with Gasteiger partial charge in [-0.05, 0) is 36.6 Å². The van der Waals surface area contributed by atoms with Crippen LogP contribution in [0.1, 0.15) is 5.56 Å². The Balaban J connectivity index is 2.76. The van der Waals surface area contributed by atoms with E-state index in [9.17, 15) is 4.79 Å². The van der Waals surface area contributed by atoms with Crippen molar-refractivity contribution in [3.63, 3.8) is 0 Å². The minimum Gasteiger partial charge on any atom is -0.497 e. The van der Waals surface area contributed by atoms with Crippen LogP contribution in [0.4, 0.5) is 20.6 Å². The van der Waals surface area contributed by atoms with Gasteiger partial charge >= 0.3 is 6.09 Å². The zero-order chi connectivity index (χ0) is 20.7. The van der Waals surface area contributed by atoms with E-state index >= 15 is 4.39 Å². The average Bonchev–Trinajstić information content (AvgIpc) is 2.72. The fraction of sp³-hybridized carbons (Fsp3) is 0.211. The fourth-order valence-corrected chi connectivity index (χ4v) is 2.75. The lowest BCUT2D eigenvalue weighted by molar-refractivity contribution is 0.183. The second-order valence-electron chi connectivity index (χ2n) is 5.33. The van der Waals surface area contributed by atoms with Gasteiger partial charge in [-0.25, -0.2) is 14.2 Å². The van der Waals surface area contributed by atoms with Crippen LogP contribution >= 0.6 is 11.8 Å². The number of benzene rings is 2. The predicted molar refractivity (Wildman–Crippen MR) is 110 cm³/mol. The third-order valence-electron chi connectivity index (χ3n) is 3.62. The van der Waals surface area contributed by atoms with E-state index in [-0.39, 0.29) is 22.1 Å². The van der Waals surface area contributed by atoms with Gasteiger partial charge in [0.15, 0.2) is 11.6 Å². The molecule has 0 heterocycles. The zero-order valence-electron chi connectivity index (χ0n) is 15.9. The summed E-state index contributed by atoms with van der Waals surface area (Å²) in [6.07, 6.45) is 0.861. The Kier molecular flexibility index (Phi) is 7.39.